The molecule has 0 bridgehead atoms. The van der Waals surface area contributed by atoms with E-state index >= 15 is 0 Å². The topological polar surface area (TPSA) is 114 Å². The Morgan fingerprint density at radius 2 is 1.71 bits per heavy atom. The highest BCUT2D eigenvalue weighted by molar-refractivity contribution is 7.92. The van der Waals surface area contributed by atoms with Gasteiger partial charge in [-0.05, 0) is 59.7 Å². The van der Waals surface area contributed by atoms with E-state index in [0.29, 0.717) is 10.7 Å². The van der Waals surface area contributed by atoms with Gasteiger partial charge in [0.15, 0.2) is 0 Å². The van der Waals surface area contributed by atoms with Gasteiger partial charge < -0.3 is 0 Å². The number of nitro benzene ring substituents is 1. The van der Waals surface area contributed by atoms with E-state index in [0.717, 1.165) is 22.4 Å². The van der Waals surface area contributed by atoms with Crippen LogP contribution in [0.4, 0.5) is 17.1 Å². The maximum absolute atomic E-state index is 12.7. The third kappa shape index (κ3) is 5.16. The quantitative estimate of drug-likeness (QED) is 0.185. The fourth-order valence-electron chi connectivity index (χ4n) is 3.31. The van der Waals surface area contributed by atoms with Crippen LogP contribution in [0.2, 0.25) is 5.02 Å². The molecule has 4 rings (SSSR count). The van der Waals surface area contributed by atoms with Crippen LogP contribution >= 0.6 is 11.6 Å². The number of anilines is 2. The summed E-state index contributed by atoms with van der Waals surface area (Å²) in [7, 11) is -4.07. The van der Waals surface area contributed by atoms with Crippen LogP contribution in [0.5, 0.6) is 0 Å². The largest absolute Gasteiger partial charge is 0.295 e. The van der Waals surface area contributed by atoms with Gasteiger partial charge >= 0.3 is 0 Å². The number of sulfonamides is 1. The molecule has 0 aliphatic heterocycles. The van der Waals surface area contributed by atoms with Crippen LogP contribution in [-0.2, 0) is 10.0 Å². The second kappa shape index (κ2) is 9.50. The van der Waals surface area contributed by atoms with Crippen LogP contribution in [0.25, 0.3) is 10.8 Å². The number of hydrogen-bond acceptors (Lipinski definition) is 6. The molecule has 4 aromatic carbocycles. The van der Waals surface area contributed by atoms with E-state index in [-0.39, 0.29) is 16.3 Å². The lowest BCUT2D eigenvalue weighted by molar-refractivity contribution is -0.384. The zero-order chi connectivity index (χ0) is 24.3. The van der Waals surface area contributed by atoms with Crippen molar-refractivity contribution in [3.63, 3.8) is 0 Å². The zero-order valence-electron chi connectivity index (χ0n) is 17.9. The van der Waals surface area contributed by atoms with Crippen molar-refractivity contribution in [3.8, 4) is 0 Å². The minimum absolute atomic E-state index is 0.0619. The molecule has 0 aliphatic rings. The minimum atomic E-state index is -4.07. The van der Waals surface area contributed by atoms with Crippen LogP contribution in [0, 0.1) is 10.1 Å². The summed E-state index contributed by atoms with van der Waals surface area (Å²) in [4.78, 5) is 10.7. The van der Waals surface area contributed by atoms with Gasteiger partial charge in [-0.3, -0.25) is 20.3 Å². The van der Waals surface area contributed by atoms with Crippen LogP contribution in [0.15, 0.2) is 94.9 Å². The summed E-state index contributed by atoms with van der Waals surface area (Å²) in [5.74, 6) is 0. The Kier molecular flexibility index (Phi) is 6.49. The van der Waals surface area contributed by atoms with Crippen molar-refractivity contribution in [1.29, 1.82) is 0 Å². The molecule has 4 aromatic rings. The van der Waals surface area contributed by atoms with Crippen LogP contribution < -0.4 is 10.1 Å². The highest BCUT2D eigenvalue weighted by Gasteiger charge is 2.22. The van der Waals surface area contributed by atoms with E-state index in [1.54, 1.807) is 19.1 Å². The van der Waals surface area contributed by atoms with Gasteiger partial charge in [0.1, 0.15) is 5.69 Å². The Hall–Kier alpha value is -3.95. The van der Waals surface area contributed by atoms with E-state index in [1.165, 1.54) is 24.3 Å². The molecule has 0 spiro atoms. The van der Waals surface area contributed by atoms with Crippen molar-refractivity contribution in [3.05, 3.63) is 106 Å². The van der Waals surface area contributed by atoms with Gasteiger partial charge in [-0.2, -0.15) is 5.10 Å². The molecule has 0 saturated heterocycles. The number of nitrogens with one attached hydrogen (secondary N) is 2. The Bertz CT molecular complexity index is 1540. The first-order chi connectivity index (χ1) is 16.2. The molecular formula is C24H19ClN4O4S. The molecule has 172 valence electrons. The van der Waals surface area contributed by atoms with E-state index < -0.39 is 20.6 Å². The highest BCUT2D eigenvalue weighted by atomic mass is 35.5. The minimum Gasteiger partial charge on any atom is -0.280 e. The Balaban J connectivity index is 1.60. The predicted octanol–water partition coefficient (Wildman–Crippen LogP) is 6.04. The molecule has 0 fully saturated rings. The maximum Gasteiger partial charge on any atom is 0.295 e. The van der Waals surface area contributed by atoms with Crippen LogP contribution in [0.1, 0.15) is 12.5 Å². The number of nitro groups is 1. The number of hydrogen-bond donors (Lipinski definition) is 2. The lowest BCUT2D eigenvalue weighted by Crippen LogP contribution is -2.13. The Morgan fingerprint density at radius 1 is 0.941 bits per heavy atom. The first-order valence-electron chi connectivity index (χ1n) is 10.1. The van der Waals surface area contributed by atoms with Crippen molar-refractivity contribution in [1.82, 2.24) is 0 Å². The summed E-state index contributed by atoms with van der Waals surface area (Å²) >= 11 is 5.90. The normalized spacial score (nSPS) is 11.9. The molecular weight excluding hydrogens is 476 g/mol. The van der Waals surface area contributed by atoms with Gasteiger partial charge in [0, 0.05) is 11.1 Å². The summed E-state index contributed by atoms with van der Waals surface area (Å²) in [6, 6.07) is 23.5. The number of benzene rings is 4. The molecule has 0 unspecified atom stereocenters. The smallest absolute Gasteiger partial charge is 0.280 e. The second-order valence-electron chi connectivity index (χ2n) is 7.42. The van der Waals surface area contributed by atoms with E-state index in [1.807, 2.05) is 42.5 Å². The number of rotatable bonds is 7. The van der Waals surface area contributed by atoms with Gasteiger partial charge in [-0.15, -0.1) is 0 Å². The average Bonchev–Trinajstić information content (AvgIpc) is 2.81. The lowest BCUT2D eigenvalue weighted by atomic mass is 10.0. The third-order valence-electron chi connectivity index (χ3n) is 5.06. The van der Waals surface area contributed by atoms with Crippen molar-refractivity contribution in [2.45, 2.75) is 11.8 Å². The van der Waals surface area contributed by atoms with Crippen molar-refractivity contribution in [2.75, 3.05) is 10.1 Å². The van der Waals surface area contributed by atoms with Crippen LogP contribution in [-0.4, -0.2) is 19.1 Å². The molecule has 0 saturated carbocycles. The Labute approximate surface area is 201 Å². The van der Waals surface area contributed by atoms with Gasteiger partial charge in [0.05, 0.1) is 21.2 Å². The zero-order valence-corrected chi connectivity index (χ0v) is 19.5. The molecule has 0 heterocycles. The van der Waals surface area contributed by atoms with Gasteiger partial charge in [-0.1, -0.05) is 54.1 Å². The summed E-state index contributed by atoms with van der Waals surface area (Å²) in [6.45, 7) is 1.77. The van der Waals surface area contributed by atoms with Crippen LogP contribution in [0.3, 0.4) is 0 Å². The summed E-state index contributed by atoms with van der Waals surface area (Å²) < 4.78 is 27.8. The Morgan fingerprint density at radius 3 is 2.44 bits per heavy atom. The first-order valence-corrected chi connectivity index (χ1v) is 12.0. The molecule has 0 amide bonds. The summed E-state index contributed by atoms with van der Waals surface area (Å²) in [5.41, 5.74) is 4.03. The summed E-state index contributed by atoms with van der Waals surface area (Å²) in [5, 5.41) is 18.4. The molecule has 0 aliphatic carbocycles. The second-order valence-corrected chi connectivity index (χ2v) is 9.54. The summed E-state index contributed by atoms with van der Waals surface area (Å²) in [6.07, 6.45) is 0. The van der Waals surface area contributed by atoms with E-state index in [4.69, 9.17) is 11.6 Å². The molecule has 2 N–H and O–H groups in total. The van der Waals surface area contributed by atoms with Gasteiger partial charge in [-0.25, -0.2) is 8.42 Å². The first kappa shape index (κ1) is 23.2. The highest BCUT2D eigenvalue weighted by Crippen LogP contribution is 2.29. The average molecular weight is 495 g/mol. The number of halogens is 1. The lowest BCUT2D eigenvalue weighted by Gasteiger charge is -2.10. The van der Waals surface area contributed by atoms with Gasteiger partial charge in [0.2, 0.25) is 0 Å². The molecule has 10 heteroatoms. The van der Waals surface area contributed by atoms with E-state index in [2.05, 4.69) is 15.2 Å². The molecule has 34 heavy (non-hydrogen) atoms. The number of nitrogens with zero attached hydrogens (tertiary/aromatic N) is 2. The predicted molar refractivity (Wildman–Crippen MR) is 135 cm³/mol. The van der Waals surface area contributed by atoms with Crippen molar-refractivity contribution >= 4 is 55.2 Å². The molecule has 8 nitrogen and oxygen atoms in total. The maximum atomic E-state index is 12.7. The molecule has 0 radical (unpaired) electrons. The van der Waals surface area contributed by atoms with Crippen molar-refractivity contribution < 1.29 is 13.3 Å². The molecule has 0 atom stereocenters. The van der Waals surface area contributed by atoms with Gasteiger partial charge in [0.25, 0.3) is 15.7 Å². The van der Waals surface area contributed by atoms with E-state index in [9.17, 15) is 18.5 Å². The number of fused-ring (bicyclic) bond motifs is 1. The molecule has 0 aromatic heterocycles. The third-order valence-corrected chi connectivity index (χ3v) is 6.68. The SMILES string of the molecule is CC(=NNc1ccc(S(=O)(=O)Nc2cccc(Cl)c2)cc1[N+](=O)[O-])c1ccc2ccccc2c1. The van der Waals surface area contributed by atoms with Crippen molar-refractivity contribution in [2.24, 2.45) is 5.10 Å². The monoisotopic (exact) mass is 494 g/mol. The fraction of sp³-hybridized carbons (Fsp3) is 0.0417. The standard InChI is InChI=1S/C24H19ClN4O4S/c1-16(18-10-9-17-5-2-3-6-19(17)13-18)26-27-23-12-11-22(15-24(23)29(30)31)34(32,33)28-21-8-4-7-20(25)14-21/h2-15,27-28H,1H3. The number of hydrazone groups is 1. The fourth-order valence-corrected chi connectivity index (χ4v) is 4.57.